The Bertz CT molecular complexity index is 881. The number of anilines is 2. The van der Waals surface area contributed by atoms with Crippen molar-refractivity contribution in [1.82, 2.24) is 0 Å². The molecule has 1 aliphatic heterocycles. The van der Waals surface area contributed by atoms with Crippen LogP contribution < -0.4 is 15.0 Å². The molecule has 1 heterocycles. The lowest BCUT2D eigenvalue weighted by molar-refractivity contribution is -0.137. The van der Waals surface area contributed by atoms with Gasteiger partial charge in [-0.1, -0.05) is 12.1 Å². The minimum atomic E-state index is -4.64. The molecule has 0 saturated carbocycles. The molecule has 142 valence electrons. The van der Waals surface area contributed by atoms with E-state index in [9.17, 15) is 22.8 Å². The largest absolute Gasteiger partial charge is 0.495 e. The van der Waals surface area contributed by atoms with Crippen LogP contribution in [0.5, 0.6) is 5.75 Å². The lowest BCUT2D eigenvalue weighted by Crippen LogP contribution is -2.24. The Kier molecular flexibility index (Phi) is 5.07. The Morgan fingerprint density at radius 2 is 1.93 bits per heavy atom. The fourth-order valence-electron chi connectivity index (χ4n) is 3.01. The molecular formula is C19H17F3N2O3. The quantitative estimate of drug-likeness (QED) is 0.872. The summed E-state index contributed by atoms with van der Waals surface area (Å²) in [4.78, 5) is 26.0. The number of halogens is 3. The van der Waals surface area contributed by atoms with E-state index in [0.717, 1.165) is 12.1 Å². The number of benzene rings is 2. The van der Waals surface area contributed by atoms with E-state index in [4.69, 9.17) is 4.74 Å². The van der Waals surface area contributed by atoms with Crippen LogP contribution in [0, 0.1) is 0 Å². The number of hydrogen-bond donors (Lipinski definition) is 1. The number of nitrogens with one attached hydrogen (secondary N) is 1. The third-order valence-electron chi connectivity index (χ3n) is 4.28. The topological polar surface area (TPSA) is 58.6 Å². The highest BCUT2D eigenvalue weighted by Gasteiger charge is 2.35. The Hall–Kier alpha value is -3.03. The van der Waals surface area contributed by atoms with Crippen LogP contribution in [0.15, 0.2) is 42.5 Å². The Morgan fingerprint density at radius 1 is 1.19 bits per heavy atom. The number of rotatable bonds is 4. The van der Waals surface area contributed by atoms with E-state index >= 15 is 0 Å². The van der Waals surface area contributed by atoms with Crippen molar-refractivity contribution in [1.29, 1.82) is 0 Å². The van der Waals surface area contributed by atoms with Gasteiger partial charge in [0.05, 0.1) is 23.9 Å². The fourth-order valence-corrected chi connectivity index (χ4v) is 3.01. The first-order chi connectivity index (χ1) is 12.8. The van der Waals surface area contributed by atoms with Gasteiger partial charge < -0.3 is 15.0 Å². The Labute approximate surface area is 153 Å². The molecule has 8 heteroatoms. The van der Waals surface area contributed by atoms with Crippen LogP contribution in [-0.2, 0) is 11.0 Å². The highest BCUT2D eigenvalue weighted by Crippen LogP contribution is 2.35. The smallest absolute Gasteiger partial charge is 0.417 e. The summed E-state index contributed by atoms with van der Waals surface area (Å²) in [6.45, 7) is 0.517. The summed E-state index contributed by atoms with van der Waals surface area (Å²) in [5.74, 6) is -0.509. The van der Waals surface area contributed by atoms with Crippen molar-refractivity contribution in [3.05, 3.63) is 53.6 Å². The third-order valence-corrected chi connectivity index (χ3v) is 4.28. The Morgan fingerprint density at radius 3 is 2.56 bits per heavy atom. The van der Waals surface area contributed by atoms with Gasteiger partial charge in [0.2, 0.25) is 5.91 Å². The molecular weight excluding hydrogens is 361 g/mol. The maximum Gasteiger partial charge on any atom is 0.417 e. The standard InChI is InChI=1S/C19H17F3N2O3/c1-27-16-9-8-12(11-15(16)24-10-4-7-17(24)25)23-18(26)13-5-2-3-6-14(13)19(20,21)22/h2-3,5-6,8-9,11H,4,7,10H2,1H3,(H,23,26). The van der Waals surface area contributed by atoms with Crippen molar-refractivity contribution in [2.24, 2.45) is 0 Å². The normalized spacial score (nSPS) is 14.4. The second-order valence-electron chi connectivity index (χ2n) is 6.03. The first-order valence-electron chi connectivity index (χ1n) is 8.27. The van der Waals surface area contributed by atoms with Crippen LogP contribution in [0.2, 0.25) is 0 Å². The van der Waals surface area contributed by atoms with E-state index in [0.29, 0.717) is 30.8 Å². The summed E-state index contributed by atoms with van der Waals surface area (Å²) in [6, 6.07) is 9.17. The summed E-state index contributed by atoms with van der Waals surface area (Å²) in [5.41, 5.74) is -0.736. The number of ether oxygens (including phenoxy) is 1. The lowest BCUT2D eigenvalue weighted by Gasteiger charge is -2.20. The maximum atomic E-state index is 13.1. The highest BCUT2D eigenvalue weighted by molar-refractivity contribution is 6.06. The van der Waals surface area contributed by atoms with Crippen molar-refractivity contribution in [3.8, 4) is 5.75 Å². The molecule has 1 aliphatic rings. The van der Waals surface area contributed by atoms with Gasteiger partial charge in [-0.05, 0) is 36.8 Å². The van der Waals surface area contributed by atoms with Gasteiger partial charge in [0, 0.05) is 18.7 Å². The van der Waals surface area contributed by atoms with E-state index in [1.165, 1.54) is 36.3 Å². The van der Waals surface area contributed by atoms with Crippen molar-refractivity contribution in [2.45, 2.75) is 19.0 Å². The fraction of sp³-hybridized carbons (Fsp3) is 0.263. The molecule has 0 radical (unpaired) electrons. The molecule has 1 N–H and O–H groups in total. The van der Waals surface area contributed by atoms with Crippen LogP contribution in [0.4, 0.5) is 24.5 Å². The predicted octanol–water partition coefficient (Wildman–Crippen LogP) is 4.09. The first kappa shape index (κ1) is 18.8. The van der Waals surface area contributed by atoms with Gasteiger partial charge in [-0.25, -0.2) is 0 Å². The lowest BCUT2D eigenvalue weighted by atomic mass is 10.1. The van der Waals surface area contributed by atoms with Gasteiger partial charge in [-0.2, -0.15) is 13.2 Å². The molecule has 0 bridgehead atoms. The molecule has 0 aliphatic carbocycles. The molecule has 0 spiro atoms. The van der Waals surface area contributed by atoms with E-state index in [-0.39, 0.29) is 11.6 Å². The molecule has 1 saturated heterocycles. The number of methoxy groups -OCH3 is 1. The third kappa shape index (κ3) is 3.89. The van der Waals surface area contributed by atoms with Crippen molar-refractivity contribution >= 4 is 23.2 Å². The van der Waals surface area contributed by atoms with Gasteiger partial charge in [0.15, 0.2) is 0 Å². The second-order valence-corrected chi connectivity index (χ2v) is 6.03. The monoisotopic (exact) mass is 378 g/mol. The van der Waals surface area contributed by atoms with E-state index in [1.807, 2.05) is 0 Å². The van der Waals surface area contributed by atoms with E-state index < -0.39 is 23.2 Å². The molecule has 2 aromatic rings. The molecule has 27 heavy (non-hydrogen) atoms. The molecule has 0 aromatic heterocycles. The predicted molar refractivity (Wildman–Crippen MR) is 94.0 cm³/mol. The van der Waals surface area contributed by atoms with Crippen molar-refractivity contribution in [3.63, 3.8) is 0 Å². The molecule has 0 unspecified atom stereocenters. The zero-order valence-electron chi connectivity index (χ0n) is 14.5. The molecule has 1 fully saturated rings. The first-order valence-corrected chi connectivity index (χ1v) is 8.27. The molecule has 2 aromatic carbocycles. The maximum absolute atomic E-state index is 13.1. The molecule has 2 amide bonds. The van der Waals surface area contributed by atoms with Gasteiger partial charge in [-0.15, -0.1) is 0 Å². The Balaban J connectivity index is 1.91. The van der Waals surface area contributed by atoms with Gasteiger partial charge in [-0.3, -0.25) is 9.59 Å². The SMILES string of the molecule is COc1ccc(NC(=O)c2ccccc2C(F)(F)F)cc1N1CCCC1=O. The number of amides is 2. The second kappa shape index (κ2) is 7.30. The van der Waals surface area contributed by atoms with Crippen molar-refractivity contribution in [2.75, 3.05) is 23.9 Å². The van der Waals surface area contributed by atoms with Gasteiger partial charge >= 0.3 is 6.18 Å². The van der Waals surface area contributed by atoms with E-state index in [2.05, 4.69) is 5.32 Å². The average molecular weight is 378 g/mol. The zero-order valence-corrected chi connectivity index (χ0v) is 14.5. The molecule has 3 rings (SSSR count). The number of nitrogens with zero attached hydrogens (tertiary/aromatic N) is 1. The van der Waals surface area contributed by atoms with Gasteiger partial charge in [0.25, 0.3) is 5.91 Å². The van der Waals surface area contributed by atoms with Crippen LogP contribution in [0.1, 0.15) is 28.8 Å². The summed E-state index contributed by atoms with van der Waals surface area (Å²) < 4.78 is 44.6. The van der Waals surface area contributed by atoms with Crippen LogP contribution in [0.25, 0.3) is 0 Å². The zero-order chi connectivity index (χ0) is 19.6. The van der Waals surface area contributed by atoms with E-state index in [1.54, 1.807) is 6.07 Å². The number of alkyl halides is 3. The average Bonchev–Trinajstić information content (AvgIpc) is 3.06. The number of hydrogen-bond acceptors (Lipinski definition) is 3. The number of carbonyl (C=O) groups excluding carboxylic acids is 2. The summed E-state index contributed by atoms with van der Waals surface area (Å²) in [6.07, 6.45) is -3.52. The van der Waals surface area contributed by atoms with Crippen LogP contribution in [-0.4, -0.2) is 25.5 Å². The van der Waals surface area contributed by atoms with Gasteiger partial charge in [0.1, 0.15) is 5.75 Å². The summed E-state index contributed by atoms with van der Waals surface area (Å²) in [7, 11) is 1.46. The minimum absolute atomic E-state index is 0.0702. The van der Waals surface area contributed by atoms with Crippen LogP contribution in [0.3, 0.4) is 0 Å². The molecule has 5 nitrogen and oxygen atoms in total. The van der Waals surface area contributed by atoms with Crippen molar-refractivity contribution < 1.29 is 27.5 Å². The number of carbonyl (C=O) groups is 2. The summed E-state index contributed by atoms with van der Waals surface area (Å²) in [5, 5.41) is 2.47. The minimum Gasteiger partial charge on any atom is -0.495 e. The van der Waals surface area contributed by atoms with Crippen LogP contribution >= 0.6 is 0 Å². The highest BCUT2D eigenvalue weighted by atomic mass is 19.4. The summed E-state index contributed by atoms with van der Waals surface area (Å²) >= 11 is 0. The molecule has 0 atom stereocenters.